The molecule has 5 heteroatoms. The topological polar surface area (TPSA) is 33.1 Å². The van der Waals surface area contributed by atoms with E-state index in [-0.39, 0.29) is 0 Å². The zero-order chi connectivity index (χ0) is 12.4. The average Bonchev–Trinajstić information content (AvgIpc) is 2.67. The Kier molecular flexibility index (Phi) is 3.91. The highest BCUT2D eigenvalue weighted by Crippen LogP contribution is 2.25. The molecule has 1 heterocycles. The lowest BCUT2D eigenvalue weighted by Crippen LogP contribution is -2.04. The molecular weight excluding hydrogens is 305 g/mol. The quantitative estimate of drug-likeness (QED) is 0.938. The smallest absolute Gasteiger partial charge is 0.129 e. The molecule has 1 atom stereocenters. The number of nitrogens with zero attached hydrogens (tertiary/aromatic N) is 1. The summed E-state index contributed by atoms with van der Waals surface area (Å²) < 4.78 is 14.3. The van der Waals surface area contributed by atoms with Crippen LogP contribution < -0.4 is 0 Å². The Bertz CT molecular complexity index is 529. The number of hydrogen-bond donors (Lipinski definition) is 1. The van der Waals surface area contributed by atoms with Gasteiger partial charge in [-0.3, -0.25) is 0 Å². The zero-order valence-electron chi connectivity index (χ0n) is 9.15. The van der Waals surface area contributed by atoms with Crippen LogP contribution >= 0.6 is 27.3 Å². The summed E-state index contributed by atoms with van der Waals surface area (Å²) in [4.78, 5) is 4.25. The maximum Gasteiger partial charge on any atom is 0.129 e. The second-order valence-electron chi connectivity index (χ2n) is 3.77. The highest BCUT2D eigenvalue weighted by Gasteiger charge is 2.15. The maximum atomic E-state index is 13.5. The molecule has 2 aromatic rings. The minimum atomic E-state index is -0.863. The first-order valence-corrected chi connectivity index (χ1v) is 6.77. The van der Waals surface area contributed by atoms with Crippen LogP contribution in [-0.4, -0.2) is 10.1 Å². The summed E-state index contributed by atoms with van der Waals surface area (Å²) >= 11 is 4.74. The van der Waals surface area contributed by atoms with Gasteiger partial charge in [0, 0.05) is 27.5 Å². The molecule has 2 rings (SSSR count). The second-order valence-corrected chi connectivity index (χ2v) is 5.63. The third-order valence-corrected chi connectivity index (χ3v) is 3.83. The first kappa shape index (κ1) is 12.7. The molecule has 0 fully saturated rings. The molecule has 0 radical (unpaired) electrons. The van der Waals surface area contributed by atoms with Crippen LogP contribution in [0.3, 0.4) is 0 Å². The van der Waals surface area contributed by atoms with Crippen molar-refractivity contribution in [3.63, 3.8) is 0 Å². The third kappa shape index (κ3) is 3.12. The van der Waals surface area contributed by atoms with Gasteiger partial charge in [-0.25, -0.2) is 9.37 Å². The standard InChI is InChI=1S/C12H11BrFNOS/c1-7-6-17-12(15-7)5-11(16)9-4-8(13)2-3-10(9)14/h2-4,6,11,16H,5H2,1H3. The van der Waals surface area contributed by atoms with Crippen LogP contribution in [-0.2, 0) is 6.42 Å². The van der Waals surface area contributed by atoms with Crippen LogP contribution in [0.15, 0.2) is 28.1 Å². The normalized spacial score (nSPS) is 12.7. The van der Waals surface area contributed by atoms with Gasteiger partial charge in [-0.2, -0.15) is 0 Å². The van der Waals surface area contributed by atoms with E-state index in [1.807, 2.05) is 12.3 Å². The number of aryl methyl sites for hydroxylation is 1. The van der Waals surface area contributed by atoms with E-state index in [0.717, 1.165) is 15.2 Å². The molecule has 1 N–H and O–H groups in total. The Balaban J connectivity index is 2.19. The summed E-state index contributed by atoms with van der Waals surface area (Å²) in [5.41, 5.74) is 1.22. The number of aliphatic hydroxyl groups excluding tert-OH is 1. The molecule has 17 heavy (non-hydrogen) atoms. The SMILES string of the molecule is Cc1csc(CC(O)c2cc(Br)ccc2F)n1. The number of thiazole rings is 1. The fraction of sp³-hybridized carbons (Fsp3) is 0.250. The fourth-order valence-corrected chi connectivity index (χ4v) is 2.73. The van der Waals surface area contributed by atoms with Crippen molar-refractivity contribution < 1.29 is 9.50 Å². The van der Waals surface area contributed by atoms with Crippen LogP contribution in [0, 0.1) is 12.7 Å². The summed E-state index contributed by atoms with van der Waals surface area (Å²) in [7, 11) is 0. The highest BCUT2D eigenvalue weighted by molar-refractivity contribution is 9.10. The van der Waals surface area contributed by atoms with E-state index < -0.39 is 11.9 Å². The van der Waals surface area contributed by atoms with Gasteiger partial charge in [0.05, 0.1) is 11.1 Å². The van der Waals surface area contributed by atoms with Gasteiger partial charge >= 0.3 is 0 Å². The van der Waals surface area contributed by atoms with E-state index >= 15 is 0 Å². The van der Waals surface area contributed by atoms with Gasteiger partial charge in [0.15, 0.2) is 0 Å². The maximum absolute atomic E-state index is 13.5. The Morgan fingerprint density at radius 3 is 2.94 bits per heavy atom. The van der Waals surface area contributed by atoms with Crippen molar-refractivity contribution in [3.8, 4) is 0 Å². The van der Waals surface area contributed by atoms with E-state index in [1.165, 1.54) is 17.4 Å². The lowest BCUT2D eigenvalue weighted by atomic mass is 10.1. The van der Waals surface area contributed by atoms with Gasteiger partial charge in [-0.15, -0.1) is 11.3 Å². The molecule has 0 amide bonds. The molecule has 2 nitrogen and oxygen atoms in total. The van der Waals surface area contributed by atoms with Crippen LogP contribution in [0.4, 0.5) is 4.39 Å². The van der Waals surface area contributed by atoms with Crippen LogP contribution in [0.1, 0.15) is 22.4 Å². The number of benzene rings is 1. The minimum absolute atomic E-state index is 0.298. The number of aliphatic hydroxyl groups is 1. The van der Waals surface area contributed by atoms with Gasteiger partial charge in [0.1, 0.15) is 5.82 Å². The molecule has 0 aliphatic heterocycles. The van der Waals surface area contributed by atoms with Crippen molar-refractivity contribution in [2.45, 2.75) is 19.4 Å². The van der Waals surface area contributed by atoms with E-state index in [0.29, 0.717) is 12.0 Å². The molecule has 0 aliphatic rings. The van der Waals surface area contributed by atoms with E-state index in [1.54, 1.807) is 12.1 Å². The Morgan fingerprint density at radius 2 is 2.29 bits per heavy atom. The monoisotopic (exact) mass is 315 g/mol. The van der Waals surface area contributed by atoms with Gasteiger partial charge in [-0.05, 0) is 25.1 Å². The zero-order valence-corrected chi connectivity index (χ0v) is 11.6. The van der Waals surface area contributed by atoms with Crippen LogP contribution in [0.2, 0.25) is 0 Å². The Labute approximate surface area is 111 Å². The summed E-state index contributed by atoms with van der Waals surface area (Å²) in [6.07, 6.45) is -0.524. The van der Waals surface area contributed by atoms with Gasteiger partial charge < -0.3 is 5.11 Å². The molecule has 1 aromatic heterocycles. The first-order valence-electron chi connectivity index (χ1n) is 5.10. The van der Waals surface area contributed by atoms with Crippen molar-refractivity contribution >= 4 is 27.3 Å². The van der Waals surface area contributed by atoms with Gasteiger partial charge in [0.25, 0.3) is 0 Å². The molecule has 90 valence electrons. The number of aromatic nitrogens is 1. The van der Waals surface area contributed by atoms with Crippen LogP contribution in [0.25, 0.3) is 0 Å². The predicted molar refractivity (Wildman–Crippen MR) is 69.6 cm³/mol. The summed E-state index contributed by atoms with van der Waals surface area (Å²) in [6, 6.07) is 4.55. The average molecular weight is 316 g/mol. The van der Waals surface area contributed by atoms with Gasteiger partial charge in [0.2, 0.25) is 0 Å². The lowest BCUT2D eigenvalue weighted by Gasteiger charge is -2.10. The van der Waals surface area contributed by atoms with Crippen molar-refractivity contribution in [1.82, 2.24) is 4.98 Å². The Morgan fingerprint density at radius 1 is 1.53 bits per heavy atom. The molecule has 0 saturated carbocycles. The van der Waals surface area contributed by atoms with Crippen molar-refractivity contribution in [1.29, 1.82) is 0 Å². The van der Waals surface area contributed by atoms with Crippen LogP contribution in [0.5, 0.6) is 0 Å². The lowest BCUT2D eigenvalue weighted by molar-refractivity contribution is 0.173. The van der Waals surface area contributed by atoms with E-state index in [2.05, 4.69) is 20.9 Å². The first-order chi connectivity index (χ1) is 8.06. The summed E-state index contributed by atoms with van der Waals surface area (Å²) in [5.74, 6) is -0.394. The molecule has 0 spiro atoms. The largest absolute Gasteiger partial charge is 0.388 e. The second kappa shape index (κ2) is 5.25. The van der Waals surface area contributed by atoms with Gasteiger partial charge in [-0.1, -0.05) is 15.9 Å². The highest BCUT2D eigenvalue weighted by atomic mass is 79.9. The van der Waals surface area contributed by atoms with E-state index in [9.17, 15) is 9.50 Å². The summed E-state index contributed by atoms with van der Waals surface area (Å²) in [6.45, 7) is 1.89. The molecular formula is C12H11BrFNOS. The Hall–Kier alpha value is -0.780. The molecule has 0 bridgehead atoms. The number of halogens is 2. The van der Waals surface area contributed by atoms with E-state index in [4.69, 9.17) is 0 Å². The molecule has 1 unspecified atom stereocenters. The number of rotatable bonds is 3. The number of hydrogen-bond acceptors (Lipinski definition) is 3. The predicted octanol–water partition coefficient (Wildman–Crippen LogP) is 3.63. The van der Waals surface area contributed by atoms with Crippen molar-refractivity contribution in [3.05, 3.63) is 50.1 Å². The third-order valence-electron chi connectivity index (χ3n) is 2.35. The molecule has 0 aliphatic carbocycles. The van der Waals surface area contributed by atoms with Crippen molar-refractivity contribution in [2.75, 3.05) is 0 Å². The minimum Gasteiger partial charge on any atom is -0.388 e. The molecule has 1 aromatic carbocycles. The van der Waals surface area contributed by atoms with Crippen molar-refractivity contribution in [2.24, 2.45) is 0 Å². The summed E-state index contributed by atoms with van der Waals surface area (Å²) in [5, 5.41) is 12.7. The fourth-order valence-electron chi connectivity index (χ4n) is 1.54. The molecule has 0 saturated heterocycles.